The maximum Gasteiger partial charge on any atom is 0.00365 e. The van der Waals surface area contributed by atoms with Crippen LogP contribution in [0.3, 0.4) is 0 Å². The molecule has 0 nitrogen and oxygen atoms in total. The summed E-state index contributed by atoms with van der Waals surface area (Å²) in [4.78, 5) is 10.7. The Morgan fingerprint density at radius 2 is 0.444 bits per heavy atom. The first-order valence-corrected chi connectivity index (χ1v) is 18.6. The van der Waals surface area contributed by atoms with Crippen LogP contribution in [0.25, 0.3) is 0 Å². The van der Waals surface area contributed by atoms with Crippen LogP contribution in [0.15, 0.2) is 239 Å². The third-order valence-electron chi connectivity index (χ3n) is 8.31. The zero-order chi connectivity index (χ0) is 30.5. The fraction of sp³-hybridized carbons (Fsp3) is 0.0233. The molecule has 0 radical (unpaired) electrons. The molecule has 0 amide bonds. The Morgan fingerprint density at radius 3 is 0.644 bits per heavy atom. The largest absolute Gasteiger partial charge is 0.133 e. The third-order valence-corrected chi connectivity index (χ3v) is 16.1. The molecule has 0 spiro atoms. The van der Waals surface area contributed by atoms with E-state index < -0.39 is 20.1 Å². The van der Waals surface area contributed by atoms with Crippen LogP contribution in [-0.4, -0.2) is 0 Å². The highest BCUT2D eigenvalue weighted by Crippen LogP contribution is 2.77. The summed E-state index contributed by atoms with van der Waals surface area (Å²) in [5.74, 6) is 0. The van der Waals surface area contributed by atoms with Crippen LogP contribution in [0.2, 0.25) is 0 Å². The molecule has 7 rings (SSSR count). The molecule has 0 aliphatic carbocycles. The van der Waals surface area contributed by atoms with Crippen LogP contribution >= 0.6 is 20.1 Å². The van der Waals surface area contributed by atoms with Gasteiger partial charge in [-0.05, 0) is 103 Å². The second-order valence-corrected chi connectivity index (χ2v) is 17.3. The maximum absolute atomic E-state index is 2.55. The van der Waals surface area contributed by atoms with Crippen molar-refractivity contribution in [2.45, 2.75) is 46.1 Å². The van der Waals surface area contributed by atoms with Gasteiger partial charge in [-0.15, -0.1) is 20.1 Å². The average molecular weight is 617 g/mol. The van der Waals surface area contributed by atoms with Crippen molar-refractivity contribution >= 4 is 20.1 Å². The van der Waals surface area contributed by atoms with E-state index in [1.807, 2.05) is 0 Å². The second-order valence-electron chi connectivity index (χ2n) is 11.1. The molecular formula is C43H36S2. The summed E-state index contributed by atoms with van der Waals surface area (Å²) in [6.45, 7) is 2.27. The Hall–Kier alpha value is -4.76. The van der Waals surface area contributed by atoms with Crippen molar-refractivity contribution in [3.05, 3.63) is 206 Å². The molecule has 0 fully saturated rings. The van der Waals surface area contributed by atoms with Gasteiger partial charge in [-0.3, -0.25) is 0 Å². The number of hydrogen-bond donors (Lipinski definition) is 0. The SMILES string of the molecule is Cc1cc(S(c2ccccc2)(c2ccccc2)c2ccccc2)cc(S(c2ccccc2)(c2ccccc2)c2ccccc2)c1. The first-order valence-electron chi connectivity index (χ1n) is 15.3. The maximum atomic E-state index is 2.55. The molecule has 0 unspecified atom stereocenters. The average Bonchev–Trinajstić information content (AvgIpc) is 3.12. The number of rotatable bonds is 8. The molecule has 0 saturated carbocycles. The Morgan fingerprint density at radius 1 is 0.244 bits per heavy atom. The Bertz CT molecular complexity index is 1640. The Balaban J connectivity index is 1.64. The highest BCUT2D eigenvalue weighted by Gasteiger charge is 2.37. The first kappa shape index (κ1) is 29.0. The minimum Gasteiger partial charge on any atom is -0.133 e. The molecule has 0 aliphatic rings. The number of hydrogen-bond acceptors (Lipinski definition) is 0. The van der Waals surface area contributed by atoms with Crippen molar-refractivity contribution in [2.75, 3.05) is 0 Å². The molecule has 0 saturated heterocycles. The highest BCUT2D eigenvalue weighted by atomic mass is 32.3. The fourth-order valence-electron chi connectivity index (χ4n) is 6.45. The van der Waals surface area contributed by atoms with E-state index in [1.54, 1.807) is 0 Å². The van der Waals surface area contributed by atoms with E-state index in [1.165, 1.54) is 44.7 Å². The van der Waals surface area contributed by atoms with Gasteiger partial charge in [0.1, 0.15) is 0 Å². The Kier molecular flexibility index (Phi) is 8.17. The number of benzene rings is 7. The second kappa shape index (κ2) is 12.7. The van der Waals surface area contributed by atoms with E-state index in [-0.39, 0.29) is 0 Å². The lowest BCUT2D eigenvalue weighted by atomic mass is 10.2. The summed E-state index contributed by atoms with van der Waals surface area (Å²) in [6.07, 6.45) is 0. The summed E-state index contributed by atoms with van der Waals surface area (Å²) < 4.78 is 0. The van der Waals surface area contributed by atoms with Gasteiger partial charge in [-0.1, -0.05) is 109 Å². The molecule has 0 bridgehead atoms. The van der Waals surface area contributed by atoms with Crippen molar-refractivity contribution in [2.24, 2.45) is 0 Å². The lowest BCUT2D eigenvalue weighted by Gasteiger charge is -2.45. The van der Waals surface area contributed by atoms with Gasteiger partial charge < -0.3 is 0 Å². The van der Waals surface area contributed by atoms with Gasteiger partial charge in [0.05, 0.1) is 0 Å². The van der Waals surface area contributed by atoms with Crippen LogP contribution in [0.4, 0.5) is 0 Å². The summed E-state index contributed by atoms with van der Waals surface area (Å²) in [6, 6.07) is 74.3. The molecule has 7 aromatic carbocycles. The van der Waals surface area contributed by atoms with Crippen LogP contribution in [-0.2, 0) is 0 Å². The molecule has 220 valence electrons. The van der Waals surface area contributed by atoms with Gasteiger partial charge in [0.2, 0.25) is 0 Å². The van der Waals surface area contributed by atoms with Crippen LogP contribution in [0.5, 0.6) is 0 Å². The van der Waals surface area contributed by atoms with E-state index in [0.29, 0.717) is 0 Å². The van der Waals surface area contributed by atoms with Gasteiger partial charge >= 0.3 is 0 Å². The first-order chi connectivity index (χ1) is 22.2. The predicted molar refractivity (Wildman–Crippen MR) is 191 cm³/mol. The summed E-state index contributed by atoms with van der Waals surface area (Å²) >= 11 is 0. The molecule has 0 aliphatic heterocycles. The molecule has 0 aromatic heterocycles. The van der Waals surface area contributed by atoms with Crippen LogP contribution in [0.1, 0.15) is 5.56 Å². The quantitative estimate of drug-likeness (QED) is 0.159. The van der Waals surface area contributed by atoms with Crippen molar-refractivity contribution in [3.8, 4) is 0 Å². The monoisotopic (exact) mass is 616 g/mol. The molecule has 45 heavy (non-hydrogen) atoms. The highest BCUT2D eigenvalue weighted by molar-refractivity contribution is 8.34. The van der Waals surface area contributed by atoms with E-state index in [4.69, 9.17) is 0 Å². The molecular weight excluding hydrogens is 581 g/mol. The van der Waals surface area contributed by atoms with Crippen molar-refractivity contribution in [1.82, 2.24) is 0 Å². The Labute approximate surface area is 270 Å². The van der Waals surface area contributed by atoms with Crippen molar-refractivity contribution in [3.63, 3.8) is 0 Å². The topological polar surface area (TPSA) is 0 Å². The van der Waals surface area contributed by atoms with Crippen molar-refractivity contribution in [1.29, 1.82) is 0 Å². The smallest absolute Gasteiger partial charge is 0.00365 e. The molecule has 0 N–H and O–H groups in total. The van der Waals surface area contributed by atoms with Gasteiger partial charge in [0, 0.05) is 39.2 Å². The van der Waals surface area contributed by atoms with Gasteiger partial charge in [-0.2, -0.15) is 0 Å². The molecule has 0 atom stereocenters. The summed E-state index contributed by atoms with van der Waals surface area (Å²) in [5.41, 5.74) is 1.27. The minimum absolute atomic E-state index is 1.27. The van der Waals surface area contributed by atoms with E-state index in [9.17, 15) is 0 Å². The standard InChI is InChI=1S/C43H36S2/c1-35-32-42(44(36-20-8-2-9-21-36,37-22-10-3-11-23-37)38-24-12-4-13-25-38)34-43(33-35)45(39-26-14-5-15-27-39,40-28-16-6-17-29-40)41-30-18-7-19-31-41/h2-34H,1H3. The normalized spacial score (nSPS) is 12.4. The summed E-state index contributed by atoms with van der Waals surface area (Å²) in [7, 11) is -3.70. The van der Waals surface area contributed by atoms with E-state index >= 15 is 0 Å². The molecule has 0 heterocycles. The van der Waals surface area contributed by atoms with E-state index in [2.05, 4.69) is 207 Å². The molecule has 7 aromatic rings. The molecule has 2 heteroatoms. The van der Waals surface area contributed by atoms with Crippen LogP contribution < -0.4 is 0 Å². The van der Waals surface area contributed by atoms with Crippen LogP contribution in [0, 0.1) is 6.92 Å². The lowest BCUT2D eigenvalue weighted by Crippen LogP contribution is -2.09. The number of aryl methyl sites for hydroxylation is 1. The predicted octanol–water partition coefficient (Wildman–Crippen LogP) is 12.7. The van der Waals surface area contributed by atoms with Gasteiger partial charge in [0.15, 0.2) is 0 Å². The zero-order valence-corrected chi connectivity index (χ0v) is 27.0. The van der Waals surface area contributed by atoms with Crippen molar-refractivity contribution < 1.29 is 0 Å². The van der Waals surface area contributed by atoms with Gasteiger partial charge in [-0.25, -0.2) is 0 Å². The lowest BCUT2D eigenvalue weighted by molar-refractivity contribution is 1.16. The third kappa shape index (κ3) is 5.11. The fourth-order valence-corrected chi connectivity index (χ4v) is 14.5. The zero-order valence-electron chi connectivity index (χ0n) is 25.4. The summed E-state index contributed by atoms with van der Waals surface area (Å²) in [5, 5.41) is 0. The van der Waals surface area contributed by atoms with E-state index in [0.717, 1.165) is 0 Å². The van der Waals surface area contributed by atoms with Gasteiger partial charge in [0.25, 0.3) is 0 Å². The minimum atomic E-state index is -1.85.